The number of hydrogen-bond donors (Lipinski definition) is 2. The highest BCUT2D eigenvalue weighted by molar-refractivity contribution is 5.70. The van der Waals surface area contributed by atoms with Crippen LogP contribution in [-0.2, 0) is 4.79 Å². The van der Waals surface area contributed by atoms with E-state index < -0.39 is 5.97 Å². The van der Waals surface area contributed by atoms with E-state index in [0.29, 0.717) is 5.41 Å². The van der Waals surface area contributed by atoms with E-state index in [1.165, 1.54) is 6.42 Å². The van der Waals surface area contributed by atoms with Gasteiger partial charge in [-0.05, 0) is 31.2 Å². The molecule has 0 aromatic rings. The van der Waals surface area contributed by atoms with Gasteiger partial charge in [0.2, 0.25) is 0 Å². The number of carboxylic acid groups (broad SMARTS) is 1. The van der Waals surface area contributed by atoms with Crippen molar-refractivity contribution >= 4 is 5.97 Å². The van der Waals surface area contributed by atoms with Crippen LogP contribution >= 0.6 is 0 Å². The summed E-state index contributed by atoms with van der Waals surface area (Å²) in [7, 11) is 0. The Bertz CT molecular complexity index is 225. The van der Waals surface area contributed by atoms with Gasteiger partial charge < -0.3 is 10.4 Å². The first-order valence-electron chi connectivity index (χ1n) is 5.31. The number of hydrogen-bond acceptors (Lipinski definition) is 2. The van der Waals surface area contributed by atoms with Crippen molar-refractivity contribution in [3.05, 3.63) is 0 Å². The molecule has 0 aromatic heterocycles. The topological polar surface area (TPSA) is 49.3 Å². The smallest absolute Gasteiger partial charge is 0.307 e. The third-order valence-electron chi connectivity index (χ3n) is 3.54. The molecule has 2 N–H and O–H groups in total. The standard InChI is InChI=1S/C11H21NO2/c1-7(10(13)14)8(2)12-6-9-5-11(9,3)4/h7-9,12H,5-6H2,1-4H3,(H,13,14). The van der Waals surface area contributed by atoms with Crippen LogP contribution in [-0.4, -0.2) is 23.7 Å². The molecule has 3 atom stereocenters. The minimum atomic E-state index is -0.722. The molecule has 0 aliphatic heterocycles. The minimum absolute atomic E-state index is 0.0592. The number of rotatable bonds is 5. The fourth-order valence-electron chi connectivity index (χ4n) is 1.64. The molecule has 1 fully saturated rings. The lowest BCUT2D eigenvalue weighted by atomic mass is 10.0. The van der Waals surface area contributed by atoms with Crippen molar-refractivity contribution in [2.45, 2.75) is 40.2 Å². The Balaban J connectivity index is 2.22. The maximum Gasteiger partial charge on any atom is 0.307 e. The van der Waals surface area contributed by atoms with Crippen molar-refractivity contribution in [3.8, 4) is 0 Å². The summed E-state index contributed by atoms with van der Waals surface area (Å²) in [5, 5.41) is 12.1. The molecule has 1 saturated carbocycles. The minimum Gasteiger partial charge on any atom is -0.481 e. The van der Waals surface area contributed by atoms with Gasteiger partial charge in [-0.15, -0.1) is 0 Å². The summed E-state index contributed by atoms with van der Waals surface area (Å²) < 4.78 is 0. The van der Waals surface area contributed by atoms with Crippen molar-refractivity contribution < 1.29 is 9.90 Å². The Morgan fingerprint density at radius 3 is 2.43 bits per heavy atom. The van der Waals surface area contributed by atoms with Crippen LogP contribution in [0.1, 0.15) is 34.1 Å². The third kappa shape index (κ3) is 2.71. The number of carbonyl (C=O) groups is 1. The Morgan fingerprint density at radius 1 is 1.57 bits per heavy atom. The second kappa shape index (κ2) is 3.89. The molecule has 1 rings (SSSR count). The predicted octanol–water partition coefficient (Wildman–Crippen LogP) is 1.73. The summed E-state index contributed by atoms with van der Waals surface area (Å²) in [4.78, 5) is 10.7. The Labute approximate surface area is 85.9 Å². The lowest BCUT2D eigenvalue weighted by Gasteiger charge is -2.18. The molecule has 1 aliphatic carbocycles. The Morgan fingerprint density at radius 2 is 2.07 bits per heavy atom. The molecule has 0 radical (unpaired) electrons. The van der Waals surface area contributed by atoms with Crippen LogP contribution in [0.3, 0.4) is 0 Å². The molecule has 3 heteroatoms. The molecule has 0 saturated heterocycles. The van der Waals surface area contributed by atoms with Crippen molar-refractivity contribution in [2.24, 2.45) is 17.3 Å². The first-order valence-corrected chi connectivity index (χ1v) is 5.31. The van der Waals surface area contributed by atoms with Gasteiger partial charge in [-0.1, -0.05) is 20.8 Å². The molecule has 0 bridgehead atoms. The maximum atomic E-state index is 10.7. The quantitative estimate of drug-likeness (QED) is 0.709. The summed E-state index contributed by atoms with van der Waals surface area (Å²) >= 11 is 0. The van der Waals surface area contributed by atoms with Gasteiger partial charge in [-0.25, -0.2) is 0 Å². The van der Waals surface area contributed by atoms with E-state index in [9.17, 15) is 4.79 Å². The molecule has 0 amide bonds. The van der Waals surface area contributed by atoms with E-state index >= 15 is 0 Å². The van der Waals surface area contributed by atoms with Crippen molar-refractivity contribution in [1.29, 1.82) is 0 Å². The van der Waals surface area contributed by atoms with Gasteiger partial charge in [0, 0.05) is 6.04 Å². The monoisotopic (exact) mass is 199 g/mol. The predicted molar refractivity (Wildman–Crippen MR) is 56.2 cm³/mol. The molecular formula is C11H21NO2. The van der Waals surface area contributed by atoms with E-state index in [0.717, 1.165) is 12.5 Å². The zero-order valence-electron chi connectivity index (χ0n) is 9.50. The second-order valence-corrected chi connectivity index (χ2v) is 5.21. The highest BCUT2D eigenvalue weighted by Crippen LogP contribution is 2.51. The van der Waals surface area contributed by atoms with E-state index in [4.69, 9.17) is 5.11 Å². The molecule has 1 aliphatic rings. The van der Waals surface area contributed by atoms with Crippen molar-refractivity contribution in [3.63, 3.8) is 0 Å². The van der Waals surface area contributed by atoms with E-state index in [-0.39, 0.29) is 12.0 Å². The zero-order chi connectivity index (χ0) is 10.9. The van der Waals surface area contributed by atoms with Crippen LogP contribution in [0, 0.1) is 17.3 Å². The molecule has 82 valence electrons. The average molecular weight is 199 g/mol. The lowest BCUT2D eigenvalue weighted by molar-refractivity contribution is -0.141. The van der Waals surface area contributed by atoms with Gasteiger partial charge >= 0.3 is 5.97 Å². The first kappa shape index (κ1) is 11.5. The Kier molecular flexibility index (Phi) is 3.20. The normalized spacial score (nSPS) is 28.1. The lowest BCUT2D eigenvalue weighted by Crippen LogP contribution is -2.37. The summed E-state index contributed by atoms with van der Waals surface area (Å²) in [5.74, 6) is -0.303. The second-order valence-electron chi connectivity index (χ2n) is 5.21. The third-order valence-corrected chi connectivity index (χ3v) is 3.54. The average Bonchev–Trinajstić information content (AvgIpc) is 2.68. The fraction of sp³-hybridized carbons (Fsp3) is 0.909. The fourth-order valence-corrected chi connectivity index (χ4v) is 1.64. The van der Waals surface area contributed by atoms with Gasteiger partial charge in [0.1, 0.15) is 0 Å². The molecular weight excluding hydrogens is 178 g/mol. The highest BCUT2D eigenvalue weighted by atomic mass is 16.4. The first-order chi connectivity index (χ1) is 6.34. The van der Waals surface area contributed by atoms with Crippen LogP contribution in [0.15, 0.2) is 0 Å². The number of nitrogens with one attached hydrogen (secondary N) is 1. The van der Waals surface area contributed by atoms with Gasteiger partial charge in [-0.3, -0.25) is 4.79 Å². The molecule has 3 nitrogen and oxygen atoms in total. The molecule has 3 unspecified atom stereocenters. The number of aliphatic carboxylic acids is 1. The molecule has 0 spiro atoms. The largest absolute Gasteiger partial charge is 0.481 e. The zero-order valence-corrected chi connectivity index (χ0v) is 9.50. The summed E-state index contributed by atoms with van der Waals surface area (Å²) in [6.45, 7) is 9.15. The SMILES string of the molecule is CC(NCC1CC1(C)C)C(C)C(=O)O. The van der Waals surface area contributed by atoms with Crippen LogP contribution in [0.4, 0.5) is 0 Å². The summed E-state index contributed by atoms with van der Waals surface area (Å²) in [5.41, 5.74) is 0.471. The van der Waals surface area contributed by atoms with E-state index in [1.54, 1.807) is 6.92 Å². The van der Waals surface area contributed by atoms with Crippen LogP contribution in [0.5, 0.6) is 0 Å². The van der Waals surface area contributed by atoms with E-state index in [2.05, 4.69) is 19.2 Å². The molecule has 14 heavy (non-hydrogen) atoms. The number of carboxylic acids is 1. The summed E-state index contributed by atoms with van der Waals surface area (Å²) in [6.07, 6.45) is 1.26. The Hall–Kier alpha value is -0.570. The van der Waals surface area contributed by atoms with Gasteiger partial charge in [0.15, 0.2) is 0 Å². The maximum absolute atomic E-state index is 10.7. The van der Waals surface area contributed by atoms with Crippen LogP contribution in [0.25, 0.3) is 0 Å². The van der Waals surface area contributed by atoms with Gasteiger partial charge in [-0.2, -0.15) is 0 Å². The van der Waals surface area contributed by atoms with E-state index in [1.807, 2.05) is 6.92 Å². The molecule has 0 aromatic carbocycles. The van der Waals surface area contributed by atoms with Crippen LogP contribution in [0.2, 0.25) is 0 Å². The van der Waals surface area contributed by atoms with Crippen molar-refractivity contribution in [1.82, 2.24) is 5.32 Å². The van der Waals surface area contributed by atoms with Gasteiger partial charge in [0.25, 0.3) is 0 Å². The van der Waals surface area contributed by atoms with Gasteiger partial charge in [0.05, 0.1) is 5.92 Å². The molecule has 0 heterocycles. The highest BCUT2D eigenvalue weighted by Gasteiger charge is 2.45. The summed E-state index contributed by atoms with van der Waals surface area (Å²) in [6, 6.07) is 0.0592. The van der Waals surface area contributed by atoms with Crippen LogP contribution < -0.4 is 5.32 Å². The van der Waals surface area contributed by atoms with Crippen molar-refractivity contribution in [2.75, 3.05) is 6.54 Å².